The van der Waals surface area contributed by atoms with E-state index in [4.69, 9.17) is 4.98 Å². The molecule has 0 fully saturated rings. The summed E-state index contributed by atoms with van der Waals surface area (Å²) in [5, 5.41) is 14.8. The Bertz CT molecular complexity index is 4280. The Kier molecular flexibility index (Phi) is 8.93. The van der Waals surface area contributed by atoms with Crippen LogP contribution in [0.1, 0.15) is 0 Å². The number of imidazole rings is 1. The molecule has 2 nitrogen and oxygen atoms in total. The molecule has 0 radical (unpaired) electrons. The monoisotopic (exact) mass is 874 g/mol. The van der Waals surface area contributed by atoms with Crippen molar-refractivity contribution in [3.63, 3.8) is 0 Å². The van der Waals surface area contributed by atoms with Crippen molar-refractivity contribution in [1.82, 2.24) is 9.55 Å². The van der Waals surface area contributed by atoms with Crippen LogP contribution in [0.4, 0.5) is 0 Å². The normalized spacial score (nSPS) is 11.8. The minimum atomic E-state index is 0.926. The highest BCUT2D eigenvalue weighted by Gasteiger charge is 2.23. The molecule has 0 bridgehead atoms. The number of rotatable bonds is 6. The molecule has 0 unspecified atom stereocenters. The van der Waals surface area contributed by atoms with Crippen molar-refractivity contribution in [2.45, 2.75) is 0 Å². The van der Waals surface area contributed by atoms with Crippen LogP contribution in [0, 0.1) is 0 Å². The average Bonchev–Trinajstić information content (AvgIpc) is 3.81. The minimum Gasteiger partial charge on any atom is -0.292 e. The van der Waals surface area contributed by atoms with E-state index < -0.39 is 0 Å². The minimum absolute atomic E-state index is 0.926. The van der Waals surface area contributed by atoms with Crippen LogP contribution in [-0.2, 0) is 0 Å². The van der Waals surface area contributed by atoms with E-state index in [1.54, 1.807) is 0 Å². The highest BCUT2D eigenvalue weighted by molar-refractivity contribution is 6.27. The molecule has 14 rings (SSSR count). The van der Waals surface area contributed by atoms with Crippen LogP contribution in [-0.4, -0.2) is 9.55 Å². The number of hydrogen-bond acceptors (Lipinski definition) is 1. The van der Waals surface area contributed by atoms with Gasteiger partial charge >= 0.3 is 0 Å². The molecule has 0 saturated heterocycles. The topological polar surface area (TPSA) is 17.8 Å². The van der Waals surface area contributed by atoms with Crippen LogP contribution in [0.2, 0.25) is 0 Å². The van der Waals surface area contributed by atoms with Crippen LogP contribution in [0.15, 0.2) is 255 Å². The van der Waals surface area contributed by atoms with E-state index in [1.807, 2.05) is 0 Å². The van der Waals surface area contributed by atoms with Crippen LogP contribution in [0.3, 0.4) is 0 Å². The van der Waals surface area contributed by atoms with Crippen molar-refractivity contribution in [1.29, 1.82) is 0 Å². The molecule has 69 heavy (non-hydrogen) atoms. The van der Waals surface area contributed by atoms with Gasteiger partial charge in [0.15, 0.2) is 0 Å². The zero-order valence-electron chi connectivity index (χ0n) is 37.6. The van der Waals surface area contributed by atoms with Gasteiger partial charge in [0.05, 0.1) is 11.0 Å². The number of hydrogen-bond donors (Lipinski definition) is 0. The third-order valence-corrected chi connectivity index (χ3v) is 14.4. The van der Waals surface area contributed by atoms with E-state index in [0.717, 1.165) is 28.1 Å². The van der Waals surface area contributed by atoms with Crippen LogP contribution in [0.5, 0.6) is 0 Å². The first-order valence-corrected chi connectivity index (χ1v) is 23.8. The molecular weight excluding hydrogens is 833 g/mol. The first-order chi connectivity index (χ1) is 34.3. The van der Waals surface area contributed by atoms with Gasteiger partial charge in [0, 0.05) is 11.3 Å². The lowest BCUT2D eigenvalue weighted by atomic mass is 9.81. The predicted molar refractivity (Wildman–Crippen MR) is 293 cm³/mol. The van der Waals surface area contributed by atoms with Gasteiger partial charge < -0.3 is 0 Å². The first-order valence-electron chi connectivity index (χ1n) is 23.8. The molecule has 14 aromatic rings. The number of benzene rings is 13. The Morgan fingerprint density at radius 1 is 0.261 bits per heavy atom. The van der Waals surface area contributed by atoms with Crippen LogP contribution < -0.4 is 0 Å². The van der Waals surface area contributed by atoms with Gasteiger partial charge in [-0.25, -0.2) is 4.98 Å². The van der Waals surface area contributed by atoms with Crippen molar-refractivity contribution < 1.29 is 0 Å². The van der Waals surface area contributed by atoms with Gasteiger partial charge in [-0.3, -0.25) is 4.57 Å². The number of aromatic nitrogens is 2. The van der Waals surface area contributed by atoms with E-state index >= 15 is 0 Å². The molecule has 0 saturated carbocycles. The molecule has 1 heterocycles. The lowest BCUT2D eigenvalue weighted by Gasteiger charge is -2.22. The largest absolute Gasteiger partial charge is 0.292 e. The fourth-order valence-electron chi connectivity index (χ4n) is 11.4. The van der Waals surface area contributed by atoms with E-state index in [-0.39, 0.29) is 0 Å². The summed E-state index contributed by atoms with van der Waals surface area (Å²) in [6.45, 7) is 0. The fraction of sp³-hybridized carbons (Fsp3) is 0. The second kappa shape index (κ2) is 15.8. The molecule has 0 aliphatic heterocycles. The summed E-state index contributed by atoms with van der Waals surface area (Å²) in [5.74, 6) is 0.926. The highest BCUT2D eigenvalue weighted by Crippen LogP contribution is 2.50. The van der Waals surface area contributed by atoms with Gasteiger partial charge in [0.2, 0.25) is 0 Å². The summed E-state index contributed by atoms with van der Waals surface area (Å²) in [6.07, 6.45) is 0. The van der Waals surface area contributed by atoms with E-state index in [0.29, 0.717) is 0 Å². The molecule has 0 amide bonds. The first kappa shape index (κ1) is 39.1. The maximum atomic E-state index is 5.18. The van der Waals surface area contributed by atoms with Crippen molar-refractivity contribution in [2.75, 3.05) is 0 Å². The van der Waals surface area contributed by atoms with E-state index in [1.165, 1.54) is 109 Å². The number of para-hydroxylation sites is 3. The summed E-state index contributed by atoms with van der Waals surface area (Å²) < 4.78 is 2.27. The third-order valence-electron chi connectivity index (χ3n) is 14.4. The van der Waals surface area contributed by atoms with Crippen LogP contribution in [0.25, 0.3) is 137 Å². The summed E-state index contributed by atoms with van der Waals surface area (Å²) in [5.41, 5.74) is 14.1. The van der Waals surface area contributed by atoms with Crippen LogP contribution >= 0.6 is 0 Å². The second-order valence-corrected chi connectivity index (χ2v) is 18.1. The van der Waals surface area contributed by atoms with Crippen molar-refractivity contribution in [3.8, 4) is 61.6 Å². The van der Waals surface area contributed by atoms with E-state index in [9.17, 15) is 0 Å². The summed E-state index contributed by atoms with van der Waals surface area (Å²) in [7, 11) is 0. The van der Waals surface area contributed by atoms with Gasteiger partial charge in [-0.2, -0.15) is 0 Å². The molecule has 0 aliphatic rings. The maximum Gasteiger partial charge on any atom is 0.145 e. The van der Waals surface area contributed by atoms with Gasteiger partial charge in [0.1, 0.15) is 5.82 Å². The zero-order valence-corrected chi connectivity index (χ0v) is 37.6. The Balaban J connectivity index is 1.02. The van der Waals surface area contributed by atoms with Gasteiger partial charge in [-0.1, -0.05) is 224 Å². The predicted octanol–water partition coefficient (Wildman–Crippen LogP) is 18.3. The van der Waals surface area contributed by atoms with Gasteiger partial charge in [-0.15, -0.1) is 0 Å². The molecular formula is C67H42N2. The van der Waals surface area contributed by atoms with Crippen molar-refractivity contribution >= 4 is 75.7 Å². The van der Waals surface area contributed by atoms with Gasteiger partial charge in [-0.05, 0) is 139 Å². The smallest absolute Gasteiger partial charge is 0.145 e. The SMILES string of the molecule is c1ccc(-n2c(-c3ccc(-c4c5ccccc5c(-c5ccc6c(-c7cccc8ccccc78)c7ccccc7c(-c7cccc8ccccc78)c6c5)c5ccccc45)cc3)nc3ccccc32)cc1. The van der Waals surface area contributed by atoms with Crippen molar-refractivity contribution in [3.05, 3.63) is 255 Å². The molecule has 13 aromatic carbocycles. The molecule has 0 N–H and O–H groups in total. The Morgan fingerprint density at radius 2 is 0.667 bits per heavy atom. The quantitative estimate of drug-likeness (QED) is 0.152. The molecule has 2 heteroatoms. The molecule has 0 spiro atoms. The summed E-state index contributed by atoms with van der Waals surface area (Å²) in [6, 6.07) is 93.4. The number of fused-ring (bicyclic) bond motifs is 7. The second-order valence-electron chi connectivity index (χ2n) is 18.1. The maximum absolute atomic E-state index is 5.18. The molecule has 0 aliphatic carbocycles. The number of nitrogens with zero attached hydrogens (tertiary/aromatic N) is 2. The molecule has 0 atom stereocenters. The zero-order chi connectivity index (χ0) is 45.4. The van der Waals surface area contributed by atoms with E-state index in [2.05, 4.69) is 259 Å². The standard InChI is InChI=1S/C67H42N2/c1-2-22-48(23-3-1)69-62-35-15-14-34-61(62)68-67(69)46-38-36-45(37-39-46)63-53-26-8-10-28-55(53)64(56-29-11-9-27-54(56)63)47-40-41-59-60(42-47)66(52-33-17-21-44-19-5-7-25-50(44)52)58-31-13-12-30-57(58)65(59)51-32-16-20-43-18-4-6-24-49(43)51/h1-42H. The fourth-order valence-corrected chi connectivity index (χ4v) is 11.4. The van der Waals surface area contributed by atoms with Gasteiger partial charge in [0.25, 0.3) is 0 Å². The summed E-state index contributed by atoms with van der Waals surface area (Å²) >= 11 is 0. The average molecular weight is 875 g/mol. The highest BCUT2D eigenvalue weighted by atomic mass is 15.1. The third kappa shape index (κ3) is 6.16. The Labute approximate surface area is 399 Å². The lowest BCUT2D eigenvalue weighted by molar-refractivity contribution is 1.10. The molecule has 1 aromatic heterocycles. The Morgan fingerprint density at radius 3 is 1.25 bits per heavy atom. The van der Waals surface area contributed by atoms with Crippen molar-refractivity contribution in [2.24, 2.45) is 0 Å². The summed E-state index contributed by atoms with van der Waals surface area (Å²) in [4.78, 5) is 5.18. The molecule has 320 valence electrons. The Hall–Kier alpha value is -9.11. The lowest BCUT2D eigenvalue weighted by Crippen LogP contribution is -1.97.